The molecular formula is C10H6IO5-. The van der Waals surface area contributed by atoms with Crippen LogP contribution in [-0.2, 0) is 14.4 Å². The van der Waals surface area contributed by atoms with Crippen LogP contribution < -0.4 is 9.84 Å². The molecule has 1 aromatic rings. The third-order valence-electron chi connectivity index (χ3n) is 1.58. The Morgan fingerprint density at radius 1 is 1.19 bits per heavy atom. The molecule has 6 heteroatoms. The summed E-state index contributed by atoms with van der Waals surface area (Å²) in [6.45, 7) is 0. The molecule has 0 bridgehead atoms. The van der Waals surface area contributed by atoms with Crippen LogP contribution in [0.25, 0.3) is 0 Å². The van der Waals surface area contributed by atoms with Gasteiger partial charge in [0.05, 0.1) is 0 Å². The van der Waals surface area contributed by atoms with E-state index in [9.17, 15) is 19.5 Å². The Hall–Kier alpha value is -1.44. The van der Waals surface area contributed by atoms with E-state index >= 15 is 0 Å². The number of Topliss-reactive ketones (excluding diaryl/α,β-unsaturated/α-hetero) is 1. The molecule has 0 saturated heterocycles. The minimum absolute atomic E-state index is 0.261. The van der Waals surface area contributed by atoms with Gasteiger partial charge in [0.2, 0.25) is 0 Å². The van der Waals surface area contributed by atoms with Crippen LogP contribution in [0.5, 0.6) is 5.75 Å². The quantitative estimate of drug-likeness (QED) is 0.253. The Morgan fingerprint density at radius 2 is 1.75 bits per heavy atom. The van der Waals surface area contributed by atoms with Gasteiger partial charge in [-0.2, -0.15) is 0 Å². The summed E-state index contributed by atoms with van der Waals surface area (Å²) < 4.78 is 5.70. The third kappa shape index (κ3) is 3.97. The van der Waals surface area contributed by atoms with Gasteiger partial charge in [-0.1, -0.05) is 0 Å². The number of carbonyl (C=O) groups excluding carboxylic acids is 3. The number of hydrogen-bond donors (Lipinski definition) is 0. The fourth-order valence-corrected chi connectivity index (χ4v) is 1.23. The average Bonchev–Trinajstić information content (AvgIpc) is 2.21. The highest BCUT2D eigenvalue weighted by Gasteiger charge is 2.12. The number of esters is 1. The number of ketones is 1. The molecule has 16 heavy (non-hydrogen) atoms. The molecule has 0 fully saturated rings. The minimum atomic E-state index is -1.89. The molecule has 1 rings (SSSR count). The van der Waals surface area contributed by atoms with Crippen molar-refractivity contribution in [1.82, 2.24) is 0 Å². The van der Waals surface area contributed by atoms with Crippen molar-refractivity contribution >= 4 is 40.3 Å². The summed E-state index contributed by atoms with van der Waals surface area (Å²) in [5.74, 6) is -3.85. The number of hydrogen-bond acceptors (Lipinski definition) is 5. The third-order valence-corrected chi connectivity index (χ3v) is 2.30. The topological polar surface area (TPSA) is 83.5 Å². The lowest BCUT2D eigenvalue weighted by atomic mass is 10.3. The van der Waals surface area contributed by atoms with Crippen LogP contribution in [0.4, 0.5) is 0 Å². The van der Waals surface area contributed by atoms with Crippen LogP contribution in [0, 0.1) is 3.57 Å². The van der Waals surface area contributed by atoms with Crippen LogP contribution in [0.1, 0.15) is 6.42 Å². The Morgan fingerprint density at radius 3 is 2.25 bits per heavy atom. The maximum atomic E-state index is 11.1. The molecule has 0 saturated carbocycles. The average molecular weight is 333 g/mol. The SMILES string of the molecule is O=C(CC(=O)C(=O)[O-])Oc1ccc(I)cc1. The number of halogens is 1. The van der Waals surface area contributed by atoms with Crippen molar-refractivity contribution in [2.75, 3.05) is 0 Å². The lowest BCUT2D eigenvalue weighted by Gasteiger charge is -2.04. The van der Waals surface area contributed by atoms with Crippen molar-refractivity contribution in [2.45, 2.75) is 6.42 Å². The molecule has 1 aromatic carbocycles. The van der Waals surface area contributed by atoms with Gasteiger partial charge >= 0.3 is 5.97 Å². The number of aliphatic carboxylic acids is 1. The largest absolute Gasteiger partial charge is 0.542 e. The summed E-state index contributed by atoms with van der Waals surface area (Å²) in [4.78, 5) is 31.8. The van der Waals surface area contributed by atoms with Gasteiger partial charge in [0.25, 0.3) is 0 Å². The van der Waals surface area contributed by atoms with Gasteiger partial charge in [0.15, 0.2) is 5.78 Å². The Labute approximate surface area is 105 Å². The monoisotopic (exact) mass is 333 g/mol. The number of carboxylic acids is 1. The first-order valence-corrected chi connectivity index (χ1v) is 5.27. The molecule has 0 heterocycles. The van der Waals surface area contributed by atoms with Gasteiger partial charge in [-0.15, -0.1) is 0 Å². The summed E-state index contributed by atoms with van der Waals surface area (Å²) in [5.41, 5.74) is 0. The molecule has 0 radical (unpaired) electrons. The van der Waals surface area contributed by atoms with Gasteiger partial charge in [0.1, 0.15) is 18.1 Å². The molecule has 0 aromatic heterocycles. The molecule has 0 unspecified atom stereocenters. The Balaban J connectivity index is 2.55. The van der Waals surface area contributed by atoms with Crippen molar-refractivity contribution < 1.29 is 24.2 Å². The Bertz CT molecular complexity index is 423. The summed E-state index contributed by atoms with van der Waals surface area (Å²) in [6.07, 6.45) is -0.825. The van der Waals surface area contributed by atoms with Crippen LogP contribution >= 0.6 is 22.6 Å². The normalized spacial score (nSPS) is 9.56. The molecule has 0 amide bonds. The van der Waals surface area contributed by atoms with Crippen molar-refractivity contribution in [3.8, 4) is 5.75 Å². The molecule has 0 aliphatic heterocycles. The van der Waals surface area contributed by atoms with Crippen LogP contribution in [0.15, 0.2) is 24.3 Å². The van der Waals surface area contributed by atoms with Crippen LogP contribution in [0.3, 0.4) is 0 Å². The molecule has 0 atom stereocenters. The molecule has 84 valence electrons. The molecular weight excluding hydrogens is 327 g/mol. The zero-order valence-electron chi connectivity index (χ0n) is 7.94. The first-order valence-electron chi connectivity index (χ1n) is 4.19. The van der Waals surface area contributed by atoms with Gasteiger partial charge in [-0.3, -0.25) is 9.59 Å². The first-order chi connectivity index (χ1) is 7.49. The van der Waals surface area contributed by atoms with Gasteiger partial charge in [-0.25, -0.2) is 0 Å². The van der Waals surface area contributed by atoms with Gasteiger partial charge in [0, 0.05) is 3.57 Å². The van der Waals surface area contributed by atoms with E-state index in [0.717, 1.165) is 3.57 Å². The number of benzene rings is 1. The maximum Gasteiger partial charge on any atom is 0.319 e. The maximum absolute atomic E-state index is 11.1. The lowest BCUT2D eigenvalue weighted by molar-refractivity contribution is -0.300. The van der Waals surface area contributed by atoms with E-state index in [0.29, 0.717) is 0 Å². The number of ether oxygens (including phenoxy) is 1. The van der Waals surface area contributed by atoms with Crippen molar-refractivity contribution in [2.24, 2.45) is 0 Å². The number of carboxylic acid groups (broad SMARTS) is 1. The summed E-state index contributed by atoms with van der Waals surface area (Å²) >= 11 is 2.08. The smallest absolute Gasteiger partial charge is 0.319 e. The Kier molecular flexibility index (Phi) is 4.41. The molecule has 0 aliphatic rings. The van der Waals surface area contributed by atoms with Gasteiger partial charge < -0.3 is 14.6 Å². The fourth-order valence-electron chi connectivity index (χ4n) is 0.873. The highest BCUT2D eigenvalue weighted by atomic mass is 127. The van der Waals surface area contributed by atoms with Gasteiger partial charge in [-0.05, 0) is 46.9 Å². The summed E-state index contributed by atoms with van der Waals surface area (Å²) in [5, 5.41) is 10.1. The second-order valence-electron chi connectivity index (χ2n) is 2.82. The van der Waals surface area contributed by atoms with Crippen LogP contribution in [-0.4, -0.2) is 17.7 Å². The van der Waals surface area contributed by atoms with E-state index in [2.05, 4.69) is 22.6 Å². The zero-order valence-corrected chi connectivity index (χ0v) is 10.1. The number of rotatable bonds is 4. The van der Waals surface area contributed by atoms with E-state index in [1.165, 1.54) is 0 Å². The van der Waals surface area contributed by atoms with Crippen LogP contribution in [0.2, 0.25) is 0 Å². The molecule has 0 aliphatic carbocycles. The molecule has 0 spiro atoms. The van der Waals surface area contributed by atoms with E-state index in [-0.39, 0.29) is 5.75 Å². The standard InChI is InChI=1S/C10H7IO5/c11-6-1-3-7(4-2-6)16-9(13)5-8(12)10(14)15/h1-4H,5H2,(H,14,15)/p-1. The lowest BCUT2D eigenvalue weighted by Crippen LogP contribution is -2.33. The first kappa shape index (κ1) is 12.6. The predicted molar refractivity (Wildman–Crippen MR) is 59.4 cm³/mol. The zero-order chi connectivity index (χ0) is 12.1. The molecule has 5 nitrogen and oxygen atoms in total. The van der Waals surface area contributed by atoms with Crippen molar-refractivity contribution in [3.05, 3.63) is 27.8 Å². The highest BCUT2D eigenvalue weighted by Crippen LogP contribution is 2.13. The second-order valence-corrected chi connectivity index (χ2v) is 4.06. The van der Waals surface area contributed by atoms with E-state index in [4.69, 9.17) is 4.74 Å². The van der Waals surface area contributed by atoms with E-state index in [1.54, 1.807) is 24.3 Å². The number of carbonyl (C=O) groups is 3. The molecule has 0 N–H and O–H groups in total. The highest BCUT2D eigenvalue weighted by molar-refractivity contribution is 14.1. The second kappa shape index (κ2) is 5.59. The van der Waals surface area contributed by atoms with Crippen molar-refractivity contribution in [1.29, 1.82) is 0 Å². The van der Waals surface area contributed by atoms with E-state index < -0.39 is 24.1 Å². The van der Waals surface area contributed by atoms with Crippen molar-refractivity contribution in [3.63, 3.8) is 0 Å². The minimum Gasteiger partial charge on any atom is -0.542 e. The predicted octanol–water partition coefficient (Wildman–Crippen LogP) is -0.0943. The summed E-state index contributed by atoms with van der Waals surface area (Å²) in [7, 11) is 0. The summed E-state index contributed by atoms with van der Waals surface area (Å²) in [6, 6.07) is 6.51. The fraction of sp³-hybridized carbons (Fsp3) is 0.100. The van der Waals surface area contributed by atoms with E-state index in [1.807, 2.05) is 0 Å².